The summed E-state index contributed by atoms with van der Waals surface area (Å²) in [6, 6.07) is 17.6. The van der Waals surface area contributed by atoms with Crippen LogP contribution >= 0.6 is 11.3 Å². The van der Waals surface area contributed by atoms with Gasteiger partial charge in [0.2, 0.25) is 0 Å². The lowest BCUT2D eigenvalue weighted by atomic mass is 10.1. The highest BCUT2D eigenvalue weighted by molar-refractivity contribution is 7.13. The van der Waals surface area contributed by atoms with Crippen molar-refractivity contribution < 1.29 is 9.53 Å². The quantitative estimate of drug-likeness (QED) is 0.651. The van der Waals surface area contributed by atoms with E-state index in [9.17, 15) is 4.79 Å². The molecule has 2 aromatic carbocycles. The predicted octanol–water partition coefficient (Wildman–Crippen LogP) is 5.21. The molecule has 0 unspecified atom stereocenters. The fourth-order valence-corrected chi connectivity index (χ4v) is 2.97. The number of aromatic nitrogens is 1. The molecule has 3 aromatic rings. The van der Waals surface area contributed by atoms with E-state index in [4.69, 9.17) is 4.74 Å². The Morgan fingerprint density at radius 3 is 2.58 bits per heavy atom. The van der Waals surface area contributed by atoms with Gasteiger partial charge >= 0.3 is 6.09 Å². The van der Waals surface area contributed by atoms with Crippen molar-refractivity contribution >= 4 is 23.1 Å². The fourth-order valence-electron chi connectivity index (χ4n) is 2.13. The van der Waals surface area contributed by atoms with Crippen LogP contribution in [0.25, 0.3) is 21.8 Å². The minimum Gasteiger partial charge on any atom is -0.445 e. The van der Waals surface area contributed by atoms with E-state index >= 15 is 0 Å². The van der Waals surface area contributed by atoms with E-state index in [1.807, 2.05) is 60.0 Å². The van der Waals surface area contributed by atoms with Crippen molar-refractivity contribution in [3.63, 3.8) is 0 Å². The van der Waals surface area contributed by atoms with Gasteiger partial charge in [-0.2, -0.15) is 0 Å². The van der Waals surface area contributed by atoms with Gasteiger partial charge in [0.25, 0.3) is 0 Å². The van der Waals surface area contributed by atoms with Gasteiger partial charge in [-0.25, -0.2) is 9.78 Å². The smallest absolute Gasteiger partial charge is 0.411 e. The van der Waals surface area contributed by atoms with Crippen LogP contribution in [0.2, 0.25) is 0 Å². The molecule has 0 fully saturated rings. The average molecular weight is 336 g/mol. The number of anilines is 1. The first-order chi connectivity index (χ1) is 11.8. The molecule has 4 nitrogen and oxygen atoms in total. The summed E-state index contributed by atoms with van der Waals surface area (Å²) < 4.78 is 4.88. The first-order valence-electron chi connectivity index (χ1n) is 7.42. The van der Waals surface area contributed by atoms with Crippen molar-refractivity contribution in [1.29, 1.82) is 0 Å². The van der Waals surface area contributed by atoms with Gasteiger partial charge in [-0.1, -0.05) is 55.1 Å². The summed E-state index contributed by atoms with van der Waals surface area (Å²) in [5, 5.41) is 5.68. The molecule has 0 saturated heterocycles. The van der Waals surface area contributed by atoms with E-state index in [1.165, 1.54) is 6.08 Å². The third-order valence-corrected chi connectivity index (χ3v) is 4.18. The van der Waals surface area contributed by atoms with Crippen molar-refractivity contribution in [2.24, 2.45) is 0 Å². The van der Waals surface area contributed by atoms with Crippen molar-refractivity contribution in [3.05, 3.63) is 72.6 Å². The second-order valence-electron chi connectivity index (χ2n) is 4.99. The maximum Gasteiger partial charge on any atom is 0.411 e. The van der Waals surface area contributed by atoms with Gasteiger partial charge in [0.1, 0.15) is 11.6 Å². The van der Waals surface area contributed by atoms with Crippen LogP contribution in [0.15, 0.2) is 72.6 Å². The third-order valence-electron chi connectivity index (χ3n) is 3.28. The first-order valence-corrected chi connectivity index (χ1v) is 8.30. The van der Waals surface area contributed by atoms with Crippen LogP contribution in [-0.4, -0.2) is 17.7 Å². The SMILES string of the molecule is C=CCOC(=O)Nc1ccc(-c2csc(-c3ccccc3)n2)cc1. The van der Waals surface area contributed by atoms with Gasteiger partial charge in [0, 0.05) is 22.2 Å². The molecule has 1 heterocycles. The molecule has 5 heteroatoms. The lowest BCUT2D eigenvalue weighted by Crippen LogP contribution is -2.13. The van der Waals surface area contributed by atoms with Gasteiger partial charge in [-0.3, -0.25) is 5.32 Å². The van der Waals surface area contributed by atoms with Crippen LogP contribution in [0.3, 0.4) is 0 Å². The number of amides is 1. The summed E-state index contributed by atoms with van der Waals surface area (Å²) >= 11 is 1.61. The van der Waals surface area contributed by atoms with Crippen LogP contribution in [0.5, 0.6) is 0 Å². The number of benzene rings is 2. The summed E-state index contributed by atoms with van der Waals surface area (Å²) in [6.07, 6.45) is 1.03. The Labute approximate surface area is 144 Å². The minimum atomic E-state index is -0.498. The Hall–Kier alpha value is -2.92. The number of rotatable bonds is 5. The number of carbonyl (C=O) groups is 1. The lowest BCUT2D eigenvalue weighted by molar-refractivity contribution is 0.174. The molecule has 0 aliphatic heterocycles. The third kappa shape index (κ3) is 3.88. The van der Waals surface area contributed by atoms with Crippen molar-refractivity contribution in [2.45, 2.75) is 0 Å². The first kappa shape index (κ1) is 16.0. The largest absolute Gasteiger partial charge is 0.445 e. The lowest BCUT2D eigenvalue weighted by Gasteiger charge is -2.05. The normalized spacial score (nSPS) is 10.2. The molecule has 0 aliphatic carbocycles. The van der Waals surface area contributed by atoms with Gasteiger partial charge in [-0.15, -0.1) is 11.3 Å². The second kappa shape index (κ2) is 7.57. The topological polar surface area (TPSA) is 51.2 Å². The Kier molecular flexibility index (Phi) is 5.03. The summed E-state index contributed by atoms with van der Waals surface area (Å²) in [4.78, 5) is 16.2. The molecule has 24 heavy (non-hydrogen) atoms. The molecule has 1 aromatic heterocycles. The Bertz CT molecular complexity index is 826. The van der Waals surface area contributed by atoms with Crippen LogP contribution in [0.1, 0.15) is 0 Å². The molecule has 0 atom stereocenters. The molecule has 0 spiro atoms. The maximum atomic E-state index is 11.5. The zero-order valence-electron chi connectivity index (χ0n) is 12.9. The monoisotopic (exact) mass is 336 g/mol. The molecule has 0 bridgehead atoms. The Morgan fingerprint density at radius 2 is 1.88 bits per heavy atom. The predicted molar refractivity (Wildman–Crippen MR) is 98.2 cm³/mol. The van der Waals surface area contributed by atoms with Crippen molar-refractivity contribution in [1.82, 2.24) is 4.98 Å². The van der Waals surface area contributed by atoms with Crippen LogP contribution in [-0.2, 0) is 4.74 Å². The number of hydrogen-bond donors (Lipinski definition) is 1. The zero-order chi connectivity index (χ0) is 16.8. The number of hydrogen-bond acceptors (Lipinski definition) is 4. The highest BCUT2D eigenvalue weighted by Crippen LogP contribution is 2.29. The van der Waals surface area contributed by atoms with Crippen molar-refractivity contribution in [2.75, 3.05) is 11.9 Å². The maximum absolute atomic E-state index is 11.5. The number of nitrogens with zero attached hydrogens (tertiary/aromatic N) is 1. The van der Waals surface area contributed by atoms with E-state index in [0.717, 1.165) is 21.8 Å². The summed E-state index contributed by atoms with van der Waals surface area (Å²) in [5.41, 5.74) is 3.70. The molecule has 3 rings (SSSR count). The number of thiazole rings is 1. The molecular formula is C19H16N2O2S. The Morgan fingerprint density at radius 1 is 1.12 bits per heavy atom. The zero-order valence-corrected chi connectivity index (χ0v) is 13.8. The number of nitrogens with one attached hydrogen (secondary N) is 1. The van der Waals surface area contributed by atoms with Gasteiger partial charge < -0.3 is 4.74 Å². The van der Waals surface area contributed by atoms with Gasteiger partial charge in [0.15, 0.2) is 0 Å². The van der Waals surface area contributed by atoms with Crippen LogP contribution in [0, 0.1) is 0 Å². The molecule has 0 saturated carbocycles. The van der Waals surface area contributed by atoms with E-state index in [0.29, 0.717) is 5.69 Å². The summed E-state index contributed by atoms with van der Waals surface area (Å²) in [6.45, 7) is 3.68. The minimum absolute atomic E-state index is 0.186. The van der Waals surface area contributed by atoms with Gasteiger partial charge in [0.05, 0.1) is 5.69 Å². The highest BCUT2D eigenvalue weighted by Gasteiger charge is 2.07. The second-order valence-corrected chi connectivity index (χ2v) is 5.85. The molecule has 0 radical (unpaired) electrons. The number of carbonyl (C=O) groups excluding carboxylic acids is 1. The molecule has 1 amide bonds. The Balaban J connectivity index is 1.71. The van der Waals surface area contributed by atoms with Crippen molar-refractivity contribution in [3.8, 4) is 21.8 Å². The van der Waals surface area contributed by atoms with E-state index in [-0.39, 0.29) is 6.61 Å². The van der Waals surface area contributed by atoms with E-state index in [1.54, 1.807) is 11.3 Å². The standard InChI is InChI=1S/C19H16N2O2S/c1-2-12-23-19(22)20-16-10-8-14(9-11-16)17-13-24-18(21-17)15-6-4-3-5-7-15/h2-11,13H,1,12H2,(H,20,22). The van der Waals surface area contributed by atoms with Gasteiger partial charge in [-0.05, 0) is 12.1 Å². The summed E-state index contributed by atoms with van der Waals surface area (Å²) in [5.74, 6) is 0. The summed E-state index contributed by atoms with van der Waals surface area (Å²) in [7, 11) is 0. The van der Waals surface area contributed by atoms with Crippen LogP contribution < -0.4 is 5.32 Å². The van der Waals surface area contributed by atoms with Crippen LogP contribution in [0.4, 0.5) is 10.5 Å². The highest BCUT2D eigenvalue weighted by atomic mass is 32.1. The van der Waals surface area contributed by atoms with E-state index in [2.05, 4.69) is 16.9 Å². The molecule has 120 valence electrons. The molecular weight excluding hydrogens is 320 g/mol. The molecule has 0 aliphatic rings. The average Bonchev–Trinajstić information content (AvgIpc) is 3.11. The number of ether oxygens (including phenoxy) is 1. The van der Waals surface area contributed by atoms with E-state index < -0.39 is 6.09 Å². The fraction of sp³-hybridized carbons (Fsp3) is 0.0526. The molecule has 1 N–H and O–H groups in total.